The molecule has 1 atom stereocenters. The Bertz CT molecular complexity index is 1190. The molecule has 3 aromatic rings. The summed E-state index contributed by atoms with van der Waals surface area (Å²) in [6, 6.07) is 9.57. The Morgan fingerprint density at radius 3 is 2.46 bits per heavy atom. The highest BCUT2D eigenvalue weighted by molar-refractivity contribution is 7.90. The molecule has 10 heteroatoms. The highest BCUT2D eigenvalue weighted by atomic mass is 35.5. The lowest BCUT2D eigenvalue weighted by atomic mass is 10.1. The van der Waals surface area contributed by atoms with Gasteiger partial charge in [-0.3, -0.25) is 10.1 Å². The normalized spacial score (nSPS) is 13.0. The monoisotopic (exact) mass is 426 g/mol. The molecule has 0 aliphatic heterocycles. The van der Waals surface area contributed by atoms with Crippen LogP contribution in [-0.4, -0.2) is 17.3 Å². The van der Waals surface area contributed by atoms with Gasteiger partial charge in [-0.25, -0.2) is 21.2 Å². The van der Waals surface area contributed by atoms with Crippen molar-refractivity contribution < 1.29 is 22.1 Å². The van der Waals surface area contributed by atoms with E-state index in [-0.39, 0.29) is 11.1 Å². The van der Waals surface area contributed by atoms with Crippen molar-refractivity contribution in [1.29, 1.82) is 0 Å². The Morgan fingerprint density at radius 2 is 1.89 bits per heavy atom. The molecule has 0 aliphatic rings. The zero-order chi connectivity index (χ0) is 20.6. The van der Waals surface area contributed by atoms with Crippen LogP contribution in [-0.2, 0) is 10.0 Å². The molecule has 28 heavy (non-hydrogen) atoms. The van der Waals surface area contributed by atoms with Gasteiger partial charge in [0, 0.05) is 17.3 Å². The quantitative estimate of drug-likeness (QED) is 0.306. The van der Waals surface area contributed by atoms with Gasteiger partial charge in [0.05, 0.1) is 21.4 Å². The number of fused-ring (bicyclic) bond motifs is 1. The summed E-state index contributed by atoms with van der Waals surface area (Å²) in [4.78, 5) is 10.4. The summed E-state index contributed by atoms with van der Waals surface area (Å²) < 4.78 is 54.2. The molecular weight excluding hydrogens is 414 g/mol. The lowest BCUT2D eigenvalue weighted by Crippen LogP contribution is -2.19. The van der Waals surface area contributed by atoms with Gasteiger partial charge in [0.25, 0.3) is 12.1 Å². The van der Waals surface area contributed by atoms with E-state index in [0.717, 1.165) is 18.3 Å². The third-order valence-corrected chi connectivity index (χ3v) is 6.41. The number of nitro groups is 1. The largest absolute Gasteiger partial charge is 0.279 e. The molecule has 2 aromatic carbocycles. The molecule has 0 radical (unpaired) electrons. The summed E-state index contributed by atoms with van der Waals surface area (Å²) >= 11 is 5.93. The van der Waals surface area contributed by atoms with E-state index in [0.29, 0.717) is 9.00 Å². The van der Waals surface area contributed by atoms with E-state index in [9.17, 15) is 27.3 Å². The number of nitrogens with zero attached hydrogens (tertiary/aromatic N) is 2. The Balaban J connectivity index is 2.32. The third kappa shape index (κ3) is 3.27. The standard InChI is InChI=1S/C18H13ClF2N2O4S/c1-2-16(11-5-3-6-12(19)9-11)28(26,27)22-10-13(18(20)21)17-14(22)7-4-8-15(17)23(24)25/h2-10,16,18H,1H2. The van der Waals surface area contributed by atoms with Crippen LogP contribution in [0.1, 0.15) is 22.8 Å². The zero-order valence-corrected chi connectivity index (χ0v) is 15.7. The van der Waals surface area contributed by atoms with Crippen molar-refractivity contribution in [2.45, 2.75) is 11.7 Å². The van der Waals surface area contributed by atoms with Gasteiger partial charge in [-0.05, 0) is 23.8 Å². The predicted molar refractivity (Wildman–Crippen MR) is 102 cm³/mol. The number of hydrogen-bond donors (Lipinski definition) is 0. The van der Waals surface area contributed by atoms with E-state index in [2.05, 4.69) is 6.58 Å². The van der Waals surface area contributed by atoms with E-state index < -0.39 is 43.3 Å². The smallest absolute Gasteiger partial charge is 0.258 e. The molecule has 6 nitrogen and oxygen atoms in total. The van der Waals surface area contributed by atoms with Crippen molar-refractivity contribution in [2.75, 3.05) is 0 Å². The fraction of sp³-hybridized carbons (Fsp3) is 0.111. The number of nitro benzene ring substituents is 1. The van der Waals surface area contributed by atoms with Crippen LogP contribution in [0.4, 0.5) is 14.5 Å². The van der Waals surface area contributed by atoms with Crippen LogP contribution in [0.5, 0.6) is 0 Å². The highest BCUT2D eigenvalue weighted by Gasteiger charge is 2.32. The summed E-state index contributed by atoms with van der Waals surface area (Å²) in [5.74, 6) is 0. The maximum Gasteiger partial charge on any atom is 0.279 e. The van der Waals surface area contributed by atoms with Gasteiger partial charge in [0.1, 0.15) is 5.25 Å². The van der Waals surface area contributed by atoms with Crippen molar-refractivity contribution in [1.82, 2.24) is 3.97 Å². The van der Waals surface area contributed by atoms with Crippen LogP contribution in [0, 0.1) is 10.1 Å². The van der Waals surface area contributed by atoms with Gasteiger partial charge in [-0.2, -0.15) is 0 Å². The second-order valence-electron chi connectivity index (χ2n) is 5.87. The van der Waals surface area contributed by atoms with Gasteiger partial charge < -0.3 is 0 Å². The van der Waals surface area contributed by atoms with E-state index in [1.54, 1.807) is 12.1 Å². The van der Waals surface area contributed by atoms with Gasteiger partial charge in [0.15, 0.2) is 0 Å². The fourth-order valence-electron chi connectivity index (χ4n) is 3.03. The fourth-order valence-corrected chi connectivity index (χ4v) is 4.90. The lowest BCUT2D eigenvalue weighted by molar-refractivity contribution is -0.383. The van der Waals surface area contributed by atoms with Crippen molar-refractivity contribution >= 4 is 38.2 Å². The molecular formula is C18H13ClF2N2O4S. The van der Waals surface area contributed by atoms with Crippen molar-refractivity contribution in [3.05, 3.63) is 87.6 Å². The van der Waals surface area contributed by atoms with Crippen LogP contribution in [0.2, 0.25) is 5.02 Å². The number of alkyl halides is 2. The molecule has 146 valence electrons. The minimum atomic E-state index is -4.32. The first-order valence-electron chi connectivity index (χ1n) is 7.87. The highest BCUT2D eigenvalue weighted by Crippen LogP contribution is 2.38. The van der Waals surface area contributed by atoms with Crippen LogP contribution in [0.15, 0.2) is 61.3 Å². The second-order valence-corrected chi connectivity index (χ2v) is 8.23. The molecule has 0 amide bonds. The summed E-state index contributed by atoms with van der Waals surface area (Å²) in [6.45, 7) is 3.53. The molecule has 1 heterocycles. The molecule has 0 saturated carbocycles. The maximum atomic E-state index is 13.5. The van der Waals surface area contributed by atoms with Crippen LogP contribution in [0.25, 0.3) is 10.9 Å². The molecule has 0 aliphatic carbocycles. The second kappa shape index (κ2) is 7.33. The summed E-state index contributed by atoms with van der Waals surface area (Å²) in [5.41, 5.74) is -1.26. The Kier molecular flexibility index (Phi) is 5.22. The zero-order valence-electron chi connectivity index (χ0n) is 14.1. The first kappa shape index (κ1) is 20.0. The van der Waals surface area contributed by atoms with E-state index in [1.807, 2.05) is 0 Å². The molecule has 0 bridgehead atoms. The number of hydrogen-bond acceptors (Lipinski definition) is 4. The first-order chi connectivity index (χ1) is 13.2. The van der Waals surface area contributed by atoms with E-state index >= 15 is 0 Å². The average Bonchev–Trinajstić information content (AvgIpc) is 3.02. The minimum absolute atomic E-state index is 0.210. The van der Waals surface area contributed by atoms with Gasteiger partial charge in [-0.15, -0.1) is 6.58 Å². The topological polar surface area (TPSA) is 82.2 Å². The number of aromatic nitrogens is 1. The number of rotatable bonds is 6. The molecule has 3 rings (SSSR count). The summed E-state index contributed by atoms with van der Waals surface area (Å²) in [7, 11) is -4.32. The van der Waals surface area contributed by atoms with Gasteiger partial charge in [0.2, 0.25) is 10.0 Å². The van der Waals surface area contributed by atoms with Crippen molar-refractivity contribution in [3.63, 3.8) is 0 Å². The molecule has 1 aromatic heterocycles. The Hall–Kier alpha value is -2.78. The molecule has 1 unspecified atom stereocenters. The predicted octanol–water partition coefficient (Wildman–Crippen LogP) is 5.25. The SMILES string of the molecule is C=CC(c1cccc(Cl)c1)S(=O)(=O)n1cc(C(F)F)c2c([N+](=O)[O-])cccc21. The minimum Gasteiger partial charge on any atom is -0.258 e. The molecule has 0 spiro atoms. The number of benzene rings is 2. The molecule has 0 N–H and O–H groups in total. The molecule has 0 fully saturated rings. The van der Waals surface area contributed by atoms with Crippen LogP contribution < -0.4 is 0 Å². The number of halogens is 3. The summed E-state index contributed by atoms with van der Waals surface area (Å²) in [5, 5.41) is 9.85. The van der Waals surface area contributed by atoms with Crippen molar-refractivity contribution in [3.8, 4) is 0 Å². The lowest BCUT2D eigenvalue weighted by Gasteiger charge is -2.16. The Labute approximate surface area is 163 Å². The molecule has 0 saturated heterocycles. The van der Waals surface area contributed by atoms with Gasteiger partial charge in [-0.1, -0.05) is 35.9 Å². The van der Waals surface area contributed by atoms with Crippen LogP contribution >= 0.6 is 11.6 Å². The first-order valence-corrected chi connectivity index (χ1v) is 9.75. The maximum absolute atomic E-state index is 13.5. The number of non-ortho nitro benzene ring substituents is 1. The average molecular weight is 427 g/mol. The van der Waals surface area contributed by atoms with Crippen molar-refractivity contribution in [2.24, 2.45) is 0 Å². The Morgan fingerprint density at radius 1 is 1.21 bits per heavy atom. The van der Waals surface area contributed by atoms with E-state index in [4.69, 9.17) is 11.6 Å². The van der Waals surface area contributed by atoms with Gasteiger partial charge >= 0.3 is 0 Å². The third-order valence-electron chi connectivity index (χ3n) is 4.22. The van der Waals surface area contributed by atoms with E-state index in [1.165, 1.54) is 24.3 Å². The summed E-state index contributed by atoms with van der Waals surface area (Å²) in [6.07, 6.45) is -1.24. The van der Waals surface area contributed by atoms with Crippen LogP contribution in [0.3, 0.4) is 0 Å².